The van der Waals surface area contributed by atoms with Crippen molar-refractivity contribution in [2.24, 2.45) is 0 Å². The monoisotopic (exact) mass is 492 g/mol. The predicted octanol–water partition coefficient (Wildman–Crippen LogP) is 5.44. The number of aryl methyl sites for hydroxylation is 3. The van der Waals surface area contributed by atoms with Crippen molar-refractivity contribution in [2.45, 2.75) is 65.9 Å². The van der Waals surface area contributed by atoms with Crippen molar-refractivity contribution in [3.63, 3.8) is 0 Å². The van der Waals surface area contributed by atoms with Crippen molar-refractivity contribution < 1.29 is 27.8 Å². The highest BCUT2D eigenvalue weighted by Gasteiger charge is 2.33. The van der Waals surface area contributed by atoms with Gasteiger partial charge in [-0.25, -0.2) is 4.79 Å². The lowest BCUT2D eigenvalue weighted by Crippen LogP contribution is -2.45. The highest BCUT2D eigenvalue weighted by Crippen LogP contribution is 2.33. The van der Waals surface area contributed by atoms with Crippen LogP contribution in [0.15, 0.2) is 30.3 Å². The zero-order valence-electron chi connectivity index (χ0n) is 21.1. The molecule has 2 aromatic carbocycles. The van der Waals surface area contributed by atoms with E-state index >= 15 is 0 Å². The molecule has 3 rings (SSSR count). The summed E-state index contributed by atoms with van der Waals surface area (Å²) in [5.41, 5.74) is 2.36. The van der Waals surface area contributed by atoms with Crippen LogP contribution >= 0.6 is 0 Å². The van der Waals surface area contributed by atoms with Crippen molar-refractivity contribution >= 4 is 5.97 Å². The van der Waals surface area contributed by atoms with Crippen molar-refractivity contribution in [3.05, 3.63) is 63.7 Å². The Morgan fingerprint density at radius 1 is 0.943 bits per heavy atom. The summed E-state index contributed by atoms with van der Waals surface area (Å²) in [6, 6.07) is 8.58. The fraction of sp³-hybridized carbons (Fsp3) is 0.519. The van der Waals surface area contributed by atoms with E-state index in [1.165, 1.54) is 19.9 Å². The number of benzene rings is 2. The number of ether oxygens (including phenoxy) is 1. The summed E-state index contributed by atoms with van der Waals surface area (Å²) in [6.45, 7) is 13.5. The van der Waals surface area contributed by atoms with Crippen LogP contribution in [0.3, 0.4) is 0 Å². The Bertz CT molecular complexity index is 1040. The van der Waals surface area contributed by atoms with E-state index in [1.807, 2.05) is 26.0 Å². The summed E-state index contributed by atoms with van der Waals surface area (Å²) in [4.78, 5) is 16.1. The van der Waals surface area contributed by atoms with E-state index in [4.69, 9.17) is 4.74 Å². The average molecular weight is 493 g/mol. The molecule has 1 fully saturated rings. The molecule has 1 N–H and O–H groups in total. The minimum atomic E-state index is -4.32. The molecule has 2 aromatic rings. The summed E-state index contributed by atoms with van der Waals surface area (Å²) < 4.78 is 45.3. The van der Waals surface area contributed by atoms with E-state index < -0.39 is 23.3 Å². The topological polar surface area (TPSA) is 53.0 Å². The number of carbonyl (C=O) groups is 1. The molecule has 0 bridgehead atoms. The largest absolute Gasteiger partial charge is 0.478 e. The third kappa shape index (κ3) is 6.76. The van der Waals surface area contributed by atoms with Gasteiger partial charge in [0.05, 0.1) is 5.56 Å². The fourth-order valence-electron chi connectivity index (χ4n) is 4.53. The number of hydrogen-bond donors (Lipinski definition) is 1. The lowest BCUT2D eigenvalue weighted by Gasteiger charge is -2.35. The van der Waals surface area contributed by atoms with E-state index in [0.717, 1.165) is 55.0 Å². The molecular weight excluding hydrogens is 457 g/mol. The second-order valence-corrected chi connectivity index (χ2v) is 9.87. The van der Waals surface area contributed by atoms with Gasteiger partial charge in [-0.15, -0.1) is 0 Å². The molecule has 1 aliphatic heterocycles. The lowest BCUT2D eigenvalue weighted by molar-refractivity contribution is -0.152. The molecule has 1 saturated heterocycles. The SMILES string of the molecule is CCc1cc(CN2CCN(Cc3cc(C)c(OC(C)(C)C(=O)O)c(C)c3)CC2)ccc1C(F)(F)F. The summed E-state index contributed by atoms with van der Waals surface area (Å²) in [6.07, 6.45) is -3.96. The van der Waals surface area contributed by atoms with E-state index in [1.54, 1.807) is 19.1 Å². The van der Waals surface area contributed by atoms with Gasteiger partial charge in [0.1, 0.15) is 5.75 Å². The number of aliphatic carboxylic acids is 1. The molecule has 8 heteroatoms. The third-order valence-electron chi connectivity index (χ3n) is 6.53. The van der Waals surface area contributed by atoms with Crippen LogP contribution in [0.25, 0.3) is 0 Å². The van der Waals surface area contributed by atoms with Gasteiger partial charge in [0.25, 0.3) is 0 Å². The molecular formula is C27H35F3N2O3. The second-order valence-electron chi connectivity index (χ2n) is 9.87. The van der Waals surface area contributed by atoms with Gasteiger partial charge in [-0.2, -0.15) is 13.2 Å². The normalized spacial score (nSPS) is 15.9. The smallest absolute Gasteiger partial charge is 0.416 e. The molecule has 0 saturated carbocycles. The Morgan fingerprint density at radius 2 is 1.46 bits per heavy atom. The van der Waals surface area contributed by atoms with Gasteiger partial charge in [0, 0.05) is 39.3 Å². The number of nitrogens with zero attached hydrogens (tertiary/aromatic N) is 2. The molecule has 192 valence electrons. The molecule has 35 heavy (non-hydrogen) atoms. The summed E-state index contributed by atoms with van der Waals surface area (Å²) in [5.74, 6) is -0.408. The van der Waals surface area contributed by atoms with Crippen molar-refractivity contribution in [1.82, 2.24) is 9.80 Å². The minimum absolute atomic E-state index is 0.346. The summed E-state index contributed by atoms with van der Waals surface area (Å²) in [5, 5.41) is 9.36. The molecule has 1 heterocycles. The summed E-state index contributed by atoms with van der Waals surface area (Å²) in [7, 11) is 0. The Hall–Kier alpha value is -2.58. The van der Waals surface area contributed by atoms with Gasteiger partial charge in [0.2, 0.25) is 0 Å². The number of rotatable bonds is 8. The molecule has 0 unspecified atom stereocenters. The number of carboxylic acid groups (broad SMARTS) is 1. The Labute approximate surface area is 205 Å². The maximum Gasteiger partial charge on any atom is 0.416 e. The lowest BCUT2D eigenvalue weighted by atomic mass is 10.0. The first-order chi connectivity index (χ1) is 16.3. The molecule has 0 radical (unpaired) electrons. The molecule has 0 aliphatic carbocycles. The van der Waals surface area contributed by atoms with Gasteiger partial charge in [0.15, 0.2) is 5.60 Å². The van der Waals surface area contributed by atoms with Crippen LogP contribution in [-0.2, 0) is 30.5 Å². The van der Waals surface area contributed by atoms with Crippen LogP contribution in [-0.4, -0.2) is 52.7 Å². The Kier molecular flexibility index (Phi) is 8.17. The van der Waals surface area contributed by atoms with Crippen LogP contribution in [0.4, 0.5) is 13.2 Å². The number of hydrogen-bond acceptors (Lipinski definition) is 4. The van der Waals surface area contributed by atoms with Gasteiger partial charge in [-0.3, -0.25) is 9.80 Å². The van der Waals surface area contributed by atoms with Gasteiger partial charge >= 0.3 is 12.1 Å². The van der Waals surface area contributed by atoms with Gasteiger partial charge < -0.3 is 9.84 Å². The standard InChI is InChI=1S/C27H35F3N2O3/c1-6-22-15-20(7-8-23(22)27(28,29)30)16-31-9-11-32(12-10-31)17-21-13-18(2)24(19(3)14-21)35-26(4,5)25(33)34/h7-8,13-15H,6,9-12,16-17H2,1-5H3,(H,33,34). The van der Waals surface area contributed by atoms with Crippen LogP contribution in [0, 0.1) is 13.8 Å². The molecule has 0 amide bonds. The van der Waals surface area contributed by atoms with Crippen LogP contribution in [0.2, 0.25) is 0 Å². The van der Waals surface area contributed by atoms with Crippen molar-refractivity contribution in [3.8, 4) is 5.75 Å². The maximum absolute atomic E-state index is 13.2. The van der Waals surface area contributed by atoms with Crippen LogP contribution in [0.1, 0.15) is 54.2 Å². The third-order valence-corrected chi connectivity index (χ3v) is 6.53. The highest BCUT2D eigenvalue weighted by atomic mass is 19.4. The van der Waals surface area contributed by atoms with Crippen LogP contribution in [0.5, 0.6) is 5.75 Å². The highest BCUT2D eigenvalue weighted by molar-refractivity contribution is 5.77. The first kappa shape index (κ1) is 27.0. The first-order valence-electron chi connectivity index (χ1n) is 12.0. The van der Waals surface area contributed by atoms with Crippen LogP contribution < -0.4 is 4.74 Å². The minimum Gasteiger partial charge on any atom is -0.478 e. The van der Waals surface area contributed by atoms with Crippen molar-refractivity contribution in [1.29, 1.82) is 0 Å². The van der Waals surface area contributed by atoms with E-state index in [9.17, 15) is 23.1 Å². The Balaban J connectivity index is 1.59. The van der Waals surface area contributed by atoms with Crippen molar-refractivity contribution in [2.75, 3.05) is 26.2 Å². The molecule has 0 spiro atoms. The fourth-order valence-corrected chi connectivity index (χ4v) is 4.53. The zero-order chi connectivity index (χ0) is 26.0. The van der Waals surface area contributed by atoms with E-state index in [-0.39, 0.29) is 0 Å². The van der Waals surface area contributed by atoms with E-state index in [0.29, 0.717) is 24.3 Å². The summed E-state index contributed by atoms with van der Waals surface area (Å²) >= 11 is 0. The Morgan fingerprint density at radius 3 is 1.91 bits per heavy atom. The first-order valence-corrected chi connectivity index (χ1v) is 12.0. The van der Waals surface area contributed by atoms with Gasteiger partial charge in [-0.05, 0) is 68.0 Å². The van der Waals surface area contributed by atoms with Gasteiger partial charge in [-0.1, -0.05) is 31.2 Å². The quantitative estimate of drug-likeness (QED) is 0.532. The molecule has 0 aromatic heterocycles. The maximum atomic E-state index is 13.2. The predicted molar refractivity (Wildman–Crippen MR) is 130 cm³/mol. The molecule has 1 aliphatic rings. The number of halogens is 3. The number of carboxylic acids is 1. The number of piperazine rings is 1. The van der Waals surface area contributed by atoms with E-state index in [2.05, 4.69) is 9.80 Å². The molecule has 5 nitrogen and oxygen atoms in total. The second kappa shape index (κ2) is 10.6. The zero-order valence-corrected chi connectivity index (χ0v) is 21.1. The average Bonchev–Trinajstić information content (AvgIpc) is 2.76. The molecule has 0 atom stereocenters. The number of alkyl halides is 3.